The first-order valence-electron chi connectivity index (χ1n) is 17.9. The van der Waals surface area contributed by atoms with E-state index in [2.05, 4.69) is 62.4 Å². The Kier molecular flexibility index (Phi) is 10.7. The lowest BCUT2D eigenvalue weighted by molar-refractivity contribution is -0.304. The van der Waals surface area contributed by atoms with Crippen LogP contribution in [0.1, 0.15) is 67.9 Å². The summed E-state index contributed by atoms with van der Waals surface area (Å²) in [6.07, 6.45) is 0.694. The maximum Gasteiger partial charge on any atom is 0.207 e. The maximum absolute atomic E-state index is 20.4. The van der Waals surface area contributed by atoms with Crippen LogP contribution in [0.2, 0.25) is 0 Å². The van der Waals surface area contributed by atoms with Crippen molar-refractivity contribution in [1.29, 1.82) is 0 Å². The minimum absolute atomic E-state index is 0.223. The van der Waals surface area contributed by atoms with E-state index in [1.807, 2.05) is 110 Å². The summed E-state index contributed by atoms with van der Waals surface area (Å²) in [4.78, 5) is 0. The number of methoxy groups -OCH3 is 1. The van der Waals surface area contributed by atoms with Crippen LogP contribution in [0.3, 0.4) is 0 Å². The Hall–Kier alpha value is -3.80. The van der Waals surface area contributed by atoms with Gasteiger partial charge in [-0.25, -0.2) is 4.39 Å². The number of ether oxygens (including phenoxy) is 3. The molecular formula is C45H48ClFO3. The minimum Gasteiger partial charge on any atom is -0.373 e. The molecule has 260 valence electrons. The molecule has 6 rings (SSSR count). The first-order valence-corrected chi connectivity index (χ1v) is 18.2. The molecule has 5 heteroatoms. The van der Waals surface area contributed by atoms with Crippen molar-refractivity contribution in [3.8, 4) is 0 Å². The molecular weight excluding hydrogens is 643 g/mol. The molecule has 1 saturated carbocycles. The van der Waals surface area contributed by atoms with Crippen molar-refractivity contribution < 1.29 is 18.6 Å². The van der Waals surface area contributed by atoms with Gasteiger partial charge >= 0.3 is 0 Å². The molecule has 5 aromatic carbocycles. The number of hydrogen-bond donors (Lipinski definition) is 0. The molecule has 0 bridgehead atoms. The number of benzene rings is 5. The molecule has 1 fully saturated rings. The van der Waals surface area contributed by atoms with Gasteiger partial charge in [0.2, 0.25) is 5.67 Å². The van der Waals surface area contributed by atoms with Crippen LogP contribution in [0.25, 0.3) is 0 Å². The van der Waals surface area contributed by atoms with Crippen LogP contribution in [0.4, 0.5) is 4.39 Å². The fourth-order valence-corrected chi connectivity index (χ4v) is 9.84. The van der Waals surface area contributed by atoms with Gasteiger partial charge in [0.05, 0.1) is 10.8 Å². The molecule has 0 aromatic heterocycles. The first kappa shape index (κ1) is 36.0. The third kappa shape index (κ3) is 4.94. The average molecular weight is 691 g/mol. The fourth-order valence-electron chi connectivity index (χ4n) is 9.26. The molecule has 0 radical (unpaired) electrons. The first-order chi connectivity index (χ1) is 24.4. The second-order valence-electron chi connectivity index (χ2n) is 13.2. The van der Waals surface area contributed by atoms with E-state index in [0.29, 0.717) is 25.0 Å². The monoisotopic (exact) mass is 690 g/mol. The predicted octanol–water partition coefficient (Wildman–Crippen LogP) is 10.8. The highest BCUT2D eigenvalue weighted by Crippen LogP contribution is 2.75. The van der Waals surface area contributed by atoms with Gasteiger partial charge < -0.3 is 14.2 Å². The average Bonchev–Trinajstić information content (AvgIpc) is 3.18. The molecule has 50 heavy (non-hydrogen) atoms. The third-order valence-electron chi connectivity index (χ3n) is 10.8. The van der Waals surface area contributed by atoms with Crippen LogP contribution in [0.5, 0.6) is 0 Å². The summed E-state index contributed by atoms with van der Waals surface area (Å²) in [6.45, 7) is 6.80. The molecule has 1 aliphatic rings. The lowest BCUT2D eigenvalue weighted by Crippen LogP contribution is -2.86. The summed E-state index contributed by atoms with van der Waals surface area (Å²) in [6, 6.07) is 49.8. The zero-order valence-corrected chi connectivity index (χ0v) is 30.3. The van der Waals surface area contributed by atoms with E-state index < -0.39 is 33.3 Å². The van der Waals surface area contributed by atoms with Gasteiger partial charge in [-0.2, -0.15) is 0 Å². The largest absolute Gasteiger partial charge is 0.373 e. The Balaban J connectivity index is 2.02. The van der Waals surface area contributed by atoms with E-state index in [4.69, 9.17) is 25.8 Å². The lowest BCUT2D eigenvalue weighted by Gasteiger charge is -2.73. The highest BCUT2D eigenvalue weighted by molar-refractivity contribution is 6.25. The van der Waals surface area contributed by atoms with Crippen LogP contribution >= 0.6 is 11.6 Å². The fraction of sp³-hybridized carbons (Fsp3) is 0.333. The van der Waals surface area contributed by atoms with Crippen LogP contribution < -0.4 is 0 Å². The Labute approximate surface area is 302 Å². The van der Waals surface area contributed by atoms with Crippen molar-refractivity contribution in [1.82, 2.24) is 0 Å². The summed E-state index contributed by atoms with van der Waals surface area (Å²) in [5.74, 6) is 0. The molecule has 1 aliphatic carbocycles. The number of halogens is 2. The van der Waals surface area contributed by atoms with Crippen LogP contribution in [-0.4, -0.2) is 37.1 Å². The van der Waals surface area contributed by atoms with Crippen molar-refractivity contribution in [3.63, 3.8) is 0 Å². The quantitative estimate of drug-likeness (QED) is 0.115. The van der Waals surface area contributed by atoms with E-state index in [-0.39, 0.29) is 6.61 Å². The number of hydrogen-bond acceptors (Lipinski definition) is 3. The van der Waals surface area contributed by atoms with Gasteiger partial charge in [-0.1, -0.05) is 184 Å². The van der Waals surface area contributed by atoms with Crippen molar-refractivity contribution >= 4 is 11.6 Å². The van der Waals surface area contributed by atoms with E-state index in [1.165, 1.54) is 7.11 Å². The van der Waals surface area contributed by atoms with Gasteiger partial charge in [-0.15, -0.1) is 0 Å². The molecule has 0 heterocycles. The minimum atomic E-state index is -2.48. The molecule has 0 N–H and O–H groups in total. The molecule has 0 saturated heterocycles. The summed E-state index contributed by atoms with van der Waals surface area (Å²) >= 11 is 8.37. The second-order valence-corrected chi connectivity index (χ2v) is 13.7. The van der Waals surface area contributed by atoms with Gasteiger partial charge in [0.25, 0.3) is 0 Å². The molecule has 4 atom stereocenters. The second kappa shape index (κ2) is 14.8. The van der Waals surface area contributed by atoms with Crippen LogP contribution in [0, 0.1) is 0 Å². The Morgan fingerprint density at radius 2 is 0.980 bits per heavy atom. The van der Waals surface area contributed by atoms with Gasteiger partial charge in [-0.3, -0.25) is 0 Å². The molecule has 0 amide bonds. The van der Waals surface area contributed by atoms with Gasteiger partial charge in [0, 0.05) is 20.3 Å². The zero-order chi connectivity index (χ0) is 35.3. The molecule has 0 aliphatic heterocycles. The maximum atomic E-state index is 20.4. The normalized spacial score (nSPS) is 25.6. The predicted molar refractivity (Wildman–Crippen MR) is 201 cm³/mol. The van der Waals surface area contributed by atoms with Crippen molar-refractivity contribution in [2.75, 3.05) is 20.3 Å². The van der Waals surface area contributed by atoms with E-state index >= 15 is 4.39 Å². The summed E-state index contributed by atoms with van der Waals surface area (Å²) in [7, 11) is 1.53. The standard InChI is InChI=1S/C45H48ClFO3/c1-5-33-41(50-34-6-2)42(35-23-13-8-14-24-35,36-25-15-9-16-26-36)40(49-7-3)44(47,39-31-21-12-22-32-39)45(46,48-4)43(41,37-27-17-10-18-28-37)38-29-19-11-20-30-38/h8-32,40H,5-7,33-34H2,1-4H3. The van der Waals surface area contributed by atoms with Crippen molar-refractivity contribution in [2.45, 2.75) is 73.3 Å². The Bertz CT molecular complexity index is 1710. The van der Waals surface area contributed by atoms with Crippen LogP contribution in [-0.2, 0) is 30.7 Å². The number of alkyl halides is 2. The zero-order valence-electron chi connectivity index (χ0n) is 29.5. The summed E-state index contributed by atoms with van der Waals surface area (Å²) in [5.41, 5.74) is -2.89. The Morgan fingerprint density at radius 1 is 0.580 bits per heavy atom. The van der Waals surface area contributed by atoms with E-state index in [1.54, 1.807) is 0 Å². The van der Waals surface area contributed by atoms with Crippen LogP contribution in [0.15, 0.2) is 152 Å². The topological polar surface area (TPSA) is 27.7 Å². The van der Waals surface area contributed by atoms with Gasteiger partial charge in [0.1, 0.15) is 11.7 Å². The Morgan fingerprint density at radius 3 is 1.34 bits per heavy atom. The summed E-state index contributed by atoms with van der Waals surface area (Å²) < 4.78 is 41.8. The van der Waals surface area contributed by atoms with Crippen molar-refractivity contribution in [2.24, 2.45) is 0 Å². The molecule has 3 nitrogen and oxygen atoms in total. The van der Waals surface area contributed by atoms with Gasteiger partial charge in [-0.05, 0) is 47.6 Å². The summed E-state index contributed by atoms with van der Waals surface area (Å²) in [5, 5.41) is -2.13. The molecule has 4 unspecified atom stereocenters. The molecule has 0 spiro atoms. The van der Waals surface area contributed by atoms with Gasteiger partial charge in [0.15, 0.2) is 5.06 Å². The number of rotatable bonds is 13. The van der Waals surface area contributed by atoms with E-state index in [0.717, 1.165) is 28.7 Å². The lowest BCUT2D eigenvalue weighted by atomic mass is 9.38. The van der Waals surface area contributed by atoms with Crippen molar-refractivity contribution in [3.05, 3.63) is 179 Å². The SMILES string of the molecule is CCCOC1(CCC)C(c2ccccc2)(c2ccccc2)C(OCC)C(F)(c2ccccc2)C(Cl)(OC)C1(c1ccccc1)c1ccccc1. The third-order valence-corrected chi connectivity index (χ3v) is 11.5. The highest BCUT2D eigenvalue weighted by atomic mass is 35.5. The highest BCUT2D eigenvalue weighted by Gasteiger charge is 2.87. The smallest absolute Gasteiger partial charge is 0.207 e. The molecule has 5 aromatic rings. The van der Waals surface area contributed by atoms with E-state index in [9.17, 15) is 0 Å².